The molecule has 0 bridgehead atoms. The van der Waals surface area contributed by atoms with E-state index in [-0.39, 0.29) is 0 Å². The summed E-state index contributed by atoms with van der Waals surface area (Å²) in [5, 5.41) is 0.346. The molecule has 104 valence electrons. The molecule has 0 saturated heterocycles. The van der Waals surface area contributed by atoms with Crippen molar-refractivity contribution in [3.05, 3.63) is 0 Å². The van der Waals surface area contributed by atoms with Crippen LogP contribution in [0.25, 0.3) is 0 Å². The van der Waals surface area contributed by atoms with Gasteiger partial charge in [-0.1, -0.05) is 56.7 Å². The Morgan fingerprint density at radius 3 is 2.18 bits per heavy atom. The maximum absolute atomic E-state index is 6.20. The molecule has 0 rings (SSSR count). The van der Waals surface area contributed by atoms with Gasteiger partial charge in [-0.3, -0.25) is 0 Å². The molecule has 0 aromatic carbocycles. The zero-order chi connectivity index (χ0) is 13.5. The molecule has 0 fully saturated rings. The highest BCUT2D eigenvalue weighted by atomic mass is 127. The number of alkyl halides is 1. The first-order chi connectivity index (χ1) is 7.74. The minimum absolute atomic E-state index is 0.346. The highest BCUT2D eigenvalue weighted by Crippen LogP contribution is 2.36. The Balaban J connectivity index is 3.84. The molecule has 3 heteroatoms. The van der Waals surface area contributed by atoms with Crippen LogP contribution in [0, 0.1) is 5.92 Å². The van der Waals surface area contributed by atoms with Crippen LogP contribution in [0.5, 0.6) is 0 Å². The summed E-state index contributed by atoms with van der Waals surface area (Å²) in [5.41, 5.74) is 0. The summed E-state index contributed by atoms with van der Waals surface area (Å²) >= 11 is 2.52. The lowest BCUT2D eigenvalue weighted by atomic mass is 10.0. The van der Waals surface area contributed by atoms with Crippen LogP contribution in [-0.4, -0.2) is 19.4 Å². The number of rotatable bonds is 8. The molecular weight excluding hydrogens is 339 g/mol. The van der Waals surface area contributed by atoms with E-state index in [0.29, 0.717) is 5.04 Å². The fourth-order valence-electron chi connectivity index (χ4n) is 1.62. The van der Waals surface area contributed by atoms with Crippen LogP contribution in [0.4, 0.5) is 0 Å². The van der Waals surface area contributed by atoms with Crippen LogP contribution in [0.1, 0.15) is 53.4 Å². The Morgan fingerprint density at radius 1 is 1.18 bits per heavy atom. The van der Waals surface area contributed by atoms with Gasteiger partial charge in [0, 0.05) is 11.0 Å². The Labute approximate surface area is 123 Å². The Kier molecular flexibility index (Phi) is 8.59. The Hall–Kier alpha value is 0.907. The van der Waals surface area contributed by atoms with Gasteiger partial charge in [0.1, 0.15) is 0 Å². The van der Waals surface area contributed by atoms with Crippen molar-refractivity contribution < 1.29 is 4.43 Å². The first kappa shape index (κ1) is 17.9. The summed E-state index contributed by atoms with van der Waals surface area (Å²) < 4.78 is 7.50. The van der Waals surface area contributed by atoms with E-state index >= 15 is 0 Å². The maximum Gasteiger partial charge on any atom is 0.191 e. The van der Waals surface area contributed by atoms with Crippen LogP contribution in [-0.2, 0) is 4.43 Å². The van der Waals surface area contributed by atoms with E-state index < -0.39 is 8.32 Å². The van der Waals surface area contributed by atoms with Crippen molar-refractivity contribution in [2.75, 3.05) is 11.0 Å². The molecule has 0 aliphatic carbocycles. The minimum Gasteiger partial charge on any atom is -0.417 e. The van der Waals surface area contributed by atoms with Gasteiger partial charge in [-0.25, -0.2) is 0 Å². The van der Waals surface area contributed by atoms with Crippen molar-refractivity contribution in [2.45, 2.75) is 71.5 Å². The van der Waals surface area contributed by atoms with Gasteiger partial charge in [0.15, 0.2) is 8.32 Å². The molecule has 0 radical (unpaired) electrons. The van der Waals surface area contributed by atoms with E-state index in [1.54, 1.807) is 0 Å². The summed E-state index contributed by atoms with van der Waals surface area (Å²) in [6.07, 6.45) is 5.27. The predicted octanol–water partition coefficient (Wildman–Crippen LogP) is 5.64. The van der Waals surface area contributed by atoms with Gasteiger partial charge in [0.05, 0.1) is 0 Å². The molecule has 1 nitrogen and oxygen atoms in total. The molecule has 0 aromatic heterocycles. The average Bonchev–Trinajstić information content (AvgIpc) is 2.21. The largest absolute Gasteiger partial charge is 0.417 e. The monoisotopic (exact) mass is 370 g/mol. The van der Waals surface area contributed by atoms with Gasteiger partial charge < -0.3 is 4.43 Å². The summed E-state index contributed by atoms with van der Waals surface area (Å²) in [5.74, 6) is 0.906. The molecule has 0 N–H and O–H groups in total. The SMILES string of the molecule is CCCC(CI)CCCO[Si](C)(C)C(C)(C)C. The van der Waals surface area contributed by atoms with E-state index in [0.717, 1.165) is 12.5 Å². The topological polar surface area (TPSA) is 9.23 Å². The average molecular weight is 370 g/mol. The van der Waals surface area contributed by atoms with Crippen LogP contribution in [0.3, 0.4) is 0 Å². The molecule has 0 spiro atoms. The molecule has 0 aliphatic rings. The van der Waals surface area contributed by atoms with Crippen molar-refractivity contribution in [3.63, 3.8) is 0 Å². The highest BCUT2D eigenvalue weighted by Gasteiger charge is 2.36. The highest BCUT2D eigenvalue weighted by molar-refractivity contribution is 14.1. The van der Waals surface area contributed by atoms with Gasteiger partial charge in [-0.15, -0.1) is 0 Å². The second-order valence-electron chi connectivity index (χ2n) is 6.56. The summed E-state index contributed by atoms with van der Waals surface area (Å²) in [6, 6.07) is 0. The second-order valence-corrected chi connectivity index (χ2v) is 12.3. The van der Waals surface area contributed by atoms with E-state index in [2.05, 4.69) is 63.4 Å². The smallest absolute Gasteiger partial charge is 0.191 e. The molecule has 0 saturated carbocycles. The lowest BCUT2D eigenvalue weighted by Gasteiger charge is -2.36. The third-order valence-electron chi connectivity index (χ3n) is 3.94. The van der Waals surface area contributed by atoms with Crippen LogP contribution < -0.4 is 0 Å². The first-order valence-corrected chi connectivity index (χ1v) is 11.4. The molecule has 0 aromatic rings. The number of halogens is 1. The first-order valence-electron chi connectivity index (χ1n) is 6.94. The Morgan fingerprint density at radius 2 is 1.76 bits per heavy atom. The van der Waals surface area contributed by atoms with E-state index in [4.69, 9.17) is 4.43 Å². The molecule has 1 unspecified atom stereocenters. The van der Waals surface area contributed by atoms with Gasteiger partial charge in [-0.2, -0.15) is 0 Å². The fraction of sp³-hybridized carbons (Fsp3) is 1.00. The van der Waals surface area contributed by atoms with Gasteiger partial charge in [0.2, 0.25) is 0 Å². The zero-order valence-electron chi connectivity index (χ0n) is 12.6. The summed E-state index contributed by atoms with van der Waals surface area (Å²) in [4.78, 5) is 0. The van der Waals surface area contributed by atoms with E-state index in [1.807, 2.05) is 0 Å². The standard InChI is InChI=1S/C14H31IOSi/c1-7-9-13(12-15)10-8-11-16-17(5,6)14(2,3)4/h13H,7-12H2,1-6H3. The van der Waals surface area contributed by atoms with Crippen molar-refractivity contribution >= 4 is 30.9 Å². The van der Waals surface area contributed by atoms with E-state index in [9.17, 15) is 0 Å². The molecule has 17 heavy (non-hydrogen) atoms. The predicted molar refractivity (Wildman–Crippen MR) is 89.7 cm³/mol. The van der Waals surface area contributed by atoms with Crippen LogP contribution in [0.2, 0.25) is 18.1 Å². The molecule has 1 atom stereocenters. The third kappa shape index (κ3) is 7.16. The molecule has 0 amide bonds. The van der Waals surface area contributed by atoms with Crippen LogP contribution >= 0.6 is 22.6 Å². The van der Waals surface area contributed by atoms with Crippen molar-refractivity contribution in [2.24, 2.45) is 5.92 Å². The third-order valence-corrected chi connectivity index (χ3v) is 9.72. The zero-order valence-corrected chi connectivity index (χ0v) is 15.8. The van der Waals surface area contributed by atoms with Crippen molar-refractivity contribution in [1.82, 2.24) is 0 Å². The normalized spacial score (nSPS) is 15.0. The van der Waals surface area contributed by atoms with Crippen molar-refractivity contribution in [1.29, 1.82) is 0 Å². The van der Waals surface area contributed by atoms with Gasteiger partial charge >= 0.3 is 0 Å². The maximum atomic E-state index is 6.20. The fourth-order valence-corrected chi connectivity index (χ4v) is 3.59. The minimum atomic E-state index is -1.51. The summed E-state index contributed by atoms with van der Waals surface area (Å²) in [6.45, 7) is 14.9. The summed E-state index contributed by atoms with van der Waals surface area (Å²) in [7, 11) is -1.51. The lowest BCUT2D eigenvalue weighted by molar-refractivity contribution is 0.269. The molecular formula is C14H31IOSi. The van der Waals surface area contributed by atoms with Crippen molar-refractivity contribution in [3.8, 4) is 0 Å². The Bertz CT molecular complexity index is 199. The second kappa shape index (κ2) is 8.15. The number of hydrogen-bond acceptors (Lipinski definition) is 1. The van der Waals surface area contributed by atoms with Gasteiger partial charge in [-0.05, 0) is 43.3 Å². The van der Waals surface area contributed by atoms with Gasteiger partial charge in [0.25, 0.3) is 0 Å². The quantitative estimate of drug-likeness (QED) is 0.233. The molecule has 0 heterocycles. The lowest BCUT2D eigenvalue weighted by Crippen LogP contribution is -2.41. The van der Waals surface area contributed by atoms with Crippen LogP contribution in [0.15, 0.2) is 0 Å². The molecule has 0 aliphatic heterocycles. The van der Waals surface area contributed by atoms with E-state index in [1.165, 1.54) is 30.1 Å². The number of hydrogen-bond donors (Lipinski definition) is 0.